The van der Waals surface area contributed by atoms with E-state index in [9.17, 15) is 0 Å². The third kappa shape index (κ3) is 4.55. The Balaban J connectivity index is 1.05. The third-order valence-corrected chi connectivity index (χ3v) is 14.9. The number of aromatic nitrogens is 1. The SMILES string of the molecule is c1ccc(-n2c3ccccc3c3ccc(N(c4ccc(-c5ccc6ccccc6c5)cc4)c4cccc5c4-c4ccccc4C54C5CC6CC(C5)CC4C6)cc32)cc1. The van der Waals surface area contributed by atoms with E-state index < -0.39 is 0 Å². The van der Waals surface area contributed by atoms with Crippen LogP contribution >= 0.6 is 0 Å². The van der Waals surface area contributed by atoms with Gasteiger partial charge in [-0.25, -0.2) is 0 Å². The van der Waals surface area contributed by atoms with Crippen molar-refractivity contribution in [1.82, 2.24) is 4.57 Å². The molecule has 1 heterocycles. The maximum atomic E-state index is 2.57. The molecule has 0 amide bonds. The summed E-state index contributed by atoms with van der Waals surface area (Å²) in [6.45, 7) is 0. The Bertz CT molecular complexity index is 3050. The molecule has 0 atom stereocenters. The molecule has 5 aliphatic carbocycles. The lowest BCUT2D eigenvalue weighted by Crippen LogP contribution is -2.55. The number of rotatable bonds is 5. The molecule has 14 rings (SSSR count). The fourth-order valence-electron chi connectivity index (χ4n) is 12.9. The van der Waals surface area contributed by atoms with Gasteiger partial charge in [0.1, 0.15) is 0 Å². The van der Waals surface area contributed by atoms with Crippen LogP contribution in [0.3, 0.4) is 0 Å². The van der Waals surface area contributed by atoms with Crippen molar-refractivity contribution in [3.63, 3.8) is 0 Å². The first-order valence-corrected chi connectivity index (χ1v) is 21.4. The summed E-state index contributed by atoms with van der Waals surface area (Å²) in [5.41, 5.74) is 15.9. The van der Waals surface area contributed by atoms with E-state index in [4.69, 9.17) is 0 Å². The van der Waals surface area contributed by atoms with Gasteiger partial charge in [-0.2, -0.15) is 0 Å². The van der Waals surface area contributed by atoms with Gasteiger partial charge in [0.05, 0.1) is 16.7 Å². The molecule has 0 saturated heterocycles. The molecule has 0 unspecified atom stereocenters. The van der Waals surface area contributed by atoms with E-state index in [0.29, 0.717) is 11.8 Å². The lowest BCUT2D eigenvalue weighted by atomic mass is 9.43. The first kappa shape index (κ1) is 32.7. The highest BCUT2D eigenvalue weighted by molar-refractivity contribution is 6.10. The van der Waals surface area contributed by atoms with Crippen LogP contribution in [-0.4, -0.2) is 4.57 Å². The average molecular weight is 745 g/mol. The molecule has 2 heteroatoms. The lowest BCUT2D eigenvalue weighted by Gasteiger charge is -2.61. The molecule has 2 nitrogen and oxygen atoms in total. The third-order valence-electron chi connectivity index (χ3n) is 14.9. The first-order valence-electron chi connectivity index (χ1n) is 21.4. The molecular formula is C56H44N2. The topological polar surface area (TPSA) is 8.17 Å². The van der Waals surface area contributed by atoms with Crippen molar-refractivity contribution in [2.45, 2.75) is 37.5 Å². The molecule has 0 aliphatic heterocycles. The zero-order valence-electron chi connectivity index (χ0n) is 32.6. The van der Waals surface area contributed by atoms with Gasteiger partial charge in [0.2, 0.25) is 0 Å². The molecule has 4 fully saturated rings. The number of hydrogen-bond acceptors (Lipinski definition) is 1. The predicted molar refractivity (Wildman–Crippen MR) is 242 cm³/mol. The van der Waals surface area contributed by atoms with Crippen LogP contribution in [0, 0.1) is 23.7 Å². The Morgan fingerprint density at radius 3 is 1.93 bits per heavy atom. The molecule has 0 N–H and O–H groups in total. The quantitative estimate of drug-likeness (QED) is 0.170. The lowest BCUT2D eigenvalue weighted by molar-refractivity contribution is -0.0399. The molecule has 9 aromatic rings. The van der Waals surface area contributed by atoms with Gasteiger partial charge in [-0.05, 0) is 149 Å². The van der Waals surface area contributed by atoms with Crippen molar-refractivity contribution in [1.29, 1.82) is 0 Å². The fourth-order valence-corrected chi connectivity index (χ4v) is 12.9. The molecule has 5 aliphatic rings. The highest BCUT2D eigenvalue weighted by atomic mass is 15.1. The summed E-state index contributed by atoms with van der Waals surface area (Å²) in [6, 6.07) is 68.6. The van der Waals surface area contributed by atoms with Crippen molar-refractivity contribution in [3.05, 3.63) is 193 Å². The van der Waals surface area contributed by atoms with Gasteiger partial charge in [0.15, 0.2) is 0 Å². The van der Waals surface area contributed by atoms with Crippen molar-refractivity contribution in [3.8, 4) is 27.9 Å². The molecule has 0 radical (unpaired) electrons. The van der Waals surface area contributed by atoms with E-state index in [1.54, 1.807) is 11.1 Å². The summed E-state index contributed by atoms with van der Waals surface area (Å²) in [4.78, 5) is 2.57. The maximum Gasteiger partial charge on any atom is 0.0561 e. The second-order valence-corrected chi connectivity index (χ2v) is 17.8. The zero-order valence-corrected chi connectivity index (χ0v) is 32.6. The molecule has 1 aromatic heterocycles. The van der Waals surface area contributed by atoms with Crippen LogP contribution in [-0.2, 0) is 5.41 Å². The largest absolute Gasteiger partial charge is 0.310 e. The van der Waals surface area contributed by atoms with Gasteiger partial charge in [0.25, 0.3) is 0 Å². The summed E-state index contributed by atoms with van der Waals surface area (Å²) in [5.74, 6) is 3.25. The molecule has 1 spiro atoms. The van der Waals surface area contributed by atoms with Crippen LogP contribution in [0.1, 0.15) is 43.2 Å². The number of nitrogens with zero attached hydrogens (tertiary/aromatic N) is 2. The monoisotopic (exact) mass is 744 g/mol. The zero-order chi connectivity index (χ0) is 38.0. The Kier molecular flexibility index (Phi) is 6.94. The molecular weight excluding hydrogens is 701 g/mol. The number of anilines is 3. The van der Waals surface area contributed by atoms with E-state index in [2.05, 4.69) is 191 Å². The van der Waals surface area contributed by atoms with Crippen molar-refractivity contribution >= 4 is 49.6 Å². The van der Waals surface area contributed by atoms with E-state index in [1.165, 1.54) is 110 Å². The minimum Gasteiger partial charge on any atom is -0.310 e. The van der Waals surface area contributed by atoms with Gasteiger partial charge >= 0.3 is 0 Å². The van der Waals surface area contributed by atoms with Gasteiger partial charge in [-0.3, -0.25) is 0 Å². The van der Waals surface area contributed by atoms with Crippen LogP contribution in [0.4, 0.5) is 17.1 Å². The van der Waals surface area contributed by atoms with Crippen LogP contribution in [0.25, 0.3) is 60.5 Å². The minimum atomic E-state index is 0.102. The van der Waals surface area contributed by atoms with Crippen LogP contribution in [0.2, 0.25) is 0 Å². The highest BCUT2D eigenvalue weighted by Gasteiger charge is 2.61. The summed E-state index contributed by atoms with van der Waals surface area (Å²) < 4.78 is 2.45. The van der Waals surface area contributed by atoms with Gasteiger partial charge in [-0.1, -0.05) is 127 Å². The Labute approximate surface area is 340 Å². The molecule has 58 heavy (non-hydrogen) atoms. The van der Waals surface area contributed by atoms with E-state index in [0.717, 1.165) is 11.8 Å². The number of hydrogen-bond donors (Lipinski definition) is 0. The van der Waals surface area contributed by atoms with Gasteiger partial charge < -0.3 is 9.47 Å². The van der Waals surface area contributed by atoms with Crippen LogP contribution < -0.4 is 4.90 Å². The molecule has 4 bridgehead atoms. The van der Waals surface area contributed by atoms with Crippen molar-refractivity contribution in [2.75, 3.05) is 4.90 Å². The standard InChI is InChI=1S/C56H44N2/c1-2-13-44(14-3-1)58-52-19-9-7-15-47(52)48-28-27-46(35-54(48)58)57(45-25-23-39(24-26-45)41-22-21-38-11-4-5-12-40(38)34-41)53-20-10-18-51-55(53)49-16-6-8-17-50(49)56(51)42-30-36-29-37(32-42)33-43(56)31-36/h1-28,34-37,42-43H,29-33H2. The summed E-state index contributed by atoms with van der Waals surface area (Å²) in [7, 11) is 0. The van der Waals surface area contributed by atoms with E-state index in [-0.39, 0.29) is 5.41 Å². The molecule has 4 saturated carbocycles. The fraction of sp³-hybridized carbons (Fsp3) is 0.179. The van der Waals surface area contributed by atoms with Crippen LogP contribution in [0.15, 0.2) is 182 Å². The van der Waals surface area contributed by atoms with Crippen molar-refractivity contribution < 1.29 is 0 Å². The Morgan fingerprint density at radius 1 is 0.448 bits per heavy atom. The molecule has 8 aromatic carbocycles. The first-order chi connectivity index (χ1) is 28.7. The normalized spacial score (nSPS) is 22.6. The Morgan fingerprint density at radius 2 is 1.10 bits per heavy atom. The van der Waals surface area contributed by atoms with E-state index >= 15 is 0 Å². The smallest absolute Gasteiger partial charge is 0.0561 e. The van der Waals surface area contributed by atoms with E-state index in [1.807, 2.05) is 0 Å². The number of benzene rings is 8. The maximum absolute atomic E-state index is 2.57. The molecule has 278 valence electrons. The number of fused-ring (bicyclic) bond motifs is 7. The average Bonchev–Trinajstić information content (AvgIpc) is 3.77. The summed E-state index contributed by atoms with van der Waals surface area (Å²) in [5, 5.41) is 5.08. The van der Waals surface area contributed by atoms with Crippen molar-refractivity contribution in [2.24, 2.45) is 23.7 Å². The second-order valence-electron chi connectivity index (χ2n) is 17.8. The summed E-state index contributed by atoms with van der Waals surface area (Å²) >= 11 is 0. The predicted octanol–water partition coefficient (Wildman–Crippen LogP) is 14.8. The van der Waals surface area contributed by atoms with Gasteiger partial charge in [-0.15, -0.1) is 0 Å². The van der Waals surface area contributed by atoms with Gasteiger partial charge in [0, 0.05) is 38.8 Å². The Hall–Kier alpha value is -6.38. The highest BCUT2D eigenvalue weighted by Crippen LogP contribution is 2.70. The second kappa shape index (κ2) is 12.3. The van der Waals surface area contributed by atoms with Crippen LogP contribution in [0.5, 0.6) is 0 Å². The number of para-hydroxylation sites is 2. The minimum absolute atomic E-state index is 0.102. The summed E-state index contributed by atoms with van der Waals surface area (Å²) in [6.07, 6.45) is 6.98.